The third kappa shape index (κ3) is 4.26. The number of rotatable bonds is 5. The lowest BCUT2D eigenvalue weighted by Gasteiger charge is -2.50. The zero-order chi connectivity index (χ0) is 21.3. The first kappa shape index (κ1) is 21.6. The Hall–Kier alpha value is -2.10. The van der Waals surface area contributed by atoms with Crippen LogP contribution < -0.4 is 16.0 Å². The molecule has 0 bridgehead atoms. The summed E-state index contributed by atoms with van der Waals surface area (Å²) in [4.78, 5) is 40.4. The fourth-order valence-electron chi connectivity index (χ4n) is 3.74. The van der Waals surface area contributed by atoms with Crippen LogP contribution in [-0.4, -0.2) is 65.2 Å². The van der Waals surface area contributed by atoms with Gasteiger partial charge in [0.25, 0.3) is 0 Å². The van der Waals surface area contributed by atoms with Gasteiger partial charge in [0.2, 0.25) is 11.8 Å². The van der Waals surface area contributed by atoms with Crippen LogP contribution in [0.2, 0.25) is 0 Å². The first-order valence-corrected chi connectivity index (χ1v) is 10.8. The Morgan fingerprint density at radius 3 is 2.62 bits per heavy atom. The van der Waals surface area contributed by atoms with Crippen LogP contribution in [0, 0.1) is 19.8 Å². The number of urea groups is 1. The van der Waals surface area contributed by atoms with Crippen LogP contribution in [0.15, 0.2) is 18.2 Å². The molecule has 4 unspecified atom stereocenters. The number of anilines is 1. The SMILES string of the molecule is CCC1NC(SCC(=O)Nc2cccc(C)c2C)C2C(=O)N(C)C(=O)N(C)C2N1. The summed E-state index contributed by atoms with van der Waals surface area (Å²) in [7, 11) is 3.20. The molecule has 2 aliphatic rings. The van der Waals surface area contributed by atoms with Crippen LogP contribution in [-0.2, 0) is 9.59 Å². The summed E-state index contributed by atoms with van der Waals surface area (Å²) in [5.41, 5.74) is 2.96. The van der Waals surface area contributed by atoms with E-state index >= 15 is 0 Å². The van der Waals surface area contributed by atoms with E-state index in [-0.39, 0.29) is 35.1 Å². The van der Waals surface area contributed by atoms with Gasteiger partial charge in [0.15, 0.2) is 0 Å². The Morgan fingerprint density at radius 1 is 1.21 bits per heavy atom. The monoisotopic (exact) mass is 419 g/mol. The molecule has 2 fully saturated rings. The first-order chi connectivity index (χ1) is 13.7. The van der Waals surface area contributed by atoms with E-state index in [1.165, 1.54) is 18.8 Å². The number of carbonyl (C=O) groups is 3. The minimum atomic E-state index is -0.469. The van der Waals surface area contributed by atoms with Gasteiger partial charge >= 0.3 is 6.03 Å². The van der Waals surface area contributed by atoms with Crippen molar-refractivity contribution in [2.24, 2.45) is 5.92 Å². The molecule has 2 heterocycles. The predicted octanol–water partition coefficient (Wildman–Crippen LogP) is 1.70. The van der Waals surface area contributed by atoms with Gasteiger partial charge in [-0.1, -0.05) is 19.1 Å². The molecule has 29 heavy (non-hydrogen) atoms. The summed E-state index contributed by atoms with van der Waals surface area (Å²) in [6.07, 6.45) is 0.361. The lowest BCUT2D eigenvalue weighted by molar-refractivity contribution is -0.140. The van der Waals surface area contributed by atoms with Crippen molar-refractivity contribution < 1.29 is 14.4 Å². The molecule has 0 radical (unpaired) electrons. The third-order valence-electron chi connectivity index (χ3n) is 5.71. The number of benzene rings is 1. The molecule has 9 heteroatoms. The van der Waals surface area contributed by atoms with Gasteiger partial charge in [-0.15, -0.1) is 11.8 Å². The number of imide groups is 1. The fraction of sp³-hybridized carbons (Fsp3) is 0.550. The van der Waals surface area contributed by atoms with Crippen LogP contribution in [0.25, 0.3) is 0 Å². The van der Waals surface area contributed by atoms with Crippen molar-refractivity contribution in [2.45, 2.75) is 44.9 Å². The molecule has 158 valence electrons. The first-order valence-electron chi connectivity index (χ1n) is 9.78. The number of nitrogens with one attached hydrogen (secondary N) is 3. The standard InChI is InChI=1S/C20H29N5O3S/c1-6-14-22-17-16(19(27)25(5)20(28)24(17)4)18(23-14)29-10-15(26)21-13-9-7-8-11(2)12(13)3/h7-9,14,16-18,22-23H,6,10H2,1-5H3,(H,21,26). The maximum absolute atomic E-state index is 12.8. The molecule has 1 aromatic carbocycles. The molecule has 2 saturated heterocycles. The summed E-state index contributed by atoms with van der Waals surface area (Å²) in [6.45, 7) is 6.01. The van der Waals surface area contributed by atoms with Crippen molar-refractivity contribution in [3.63, 3.8) is 0 Å². The van der Waals surface area contributed by atoms with E-state index in [0.717, 1.165) is 28.1 Å². The smallest absolute Gasteiger partial charge is 0.325 e. The average molecular weight is 420 g/mol. The van der Waals surface area contributed by atoms with Crippen LogP contribution in [0.3, 0.4) is 0 Å². The molecule has 0 aliphatic carbocycles. The summed E-state index contributed by atoms with van der Waals surface area (Å²) in [5.74, 6) is -0.613. The number of nitrogens with zero attached hydrogens (tertiary/aromatic N) is 2. The molecule has 4 atom stereocenters. The number of hydrogen-bond donors (Lipinski definition) is 3. The Labute approximate surface area is 175 Å². The molecule has 0 aromatic heterocycles. The van der Waals surface area contributed by atoms with Crippen molar-refractivity contribution >= 4 is 35.3 Å². The van der Waals surface area contributed by atoms with E-state index in [9.17, 15) is 14.4 Å². The predicted molar refractivity (Wildman–Crippen MR) is 114 cm³/mol. The van der Waals surface area contributed by atoms with E-state index in [4.69, 9.17) is 0 Å². The number of fused-ring (bicyclic) bond motifs is 1. The van der Waals surface area contributed by atoms with Crippen molar-refractivity contribution in [1.82, 2.24) is 20.4 Å². The minimum Gasteiger partial charge on any atom is -0.325 e. The van der Waals surface area contributed by atoms with Gasteiger partial charge in [0, 0.05) is 19.8 Å². The molecule has 0 saturated carbocycles. The van der Waals surface area contributed by atoms with E-state index < -0.39 is 12.1 Å². The Kier molecular flexibility index (Phi) is 6.50. The van der Waals surface area contributed by atoms with E-state index in [0.29, 0.717) is 0 Å². The minimum absolute atomic E-state index is 0.0396. The van der Waals surface area contributed by atoms with E-state index in [1.54, 1.807) is 11.9 Å². The molecule has 2 aliphatic heterocycles. The van der Waals surface area contributed by atoms with E-state index in [2.05, 4.69) is 16.0 Å². The zero-order valence-corrected chi connectivity index (χ0v) is 18.3. The molecule has 0 spiro atoms. The lowest BCUT2D eigenvalue weighted by atomic mass is 9.97. The Balaban J connectivity index is 1.71. The van der Waals surface area contributed by atoms with Crippen molar-refractivity contribution in [2.75, 3.05) is 25.2 Å². The van der Waals surface area contributed by atoms with Gasteiger partial charge in [0.1, 0.15) is 0 Å². The van der Waals surface area contributed by atoms with E-state index in [1.807, 2.05) is 39.0 Å². The Morgan fingerprint density at radius 2 is 1.93 bits per heavy atom. The second-order valence-electron chi connectivity index (χ2n) is 7.58. The number of carbonyl (C=O) groups excluding carboxylic acids is 3. The van der Waals surface area contributed by atoms with Crippen LogP contribution in [0.4, 0.5) is 10.5 Å². The fourth-order valence-corrected chi connectivity index (χ4v) is 4.88. The summed E-state index contributed by atoms with van der Waals surface area (Å²) < 4.78 is 0. The highest BCUT2D eigenvalue weighted by Crippen LogP contribution is 2.31. The number of amides is 4. The average Bonchev–Trinajstić information content (AvgIpc) is 2.71. The Bertz CT molecular complexity index is 817. The molecule has 3 rings (SSSR count). The summed E-state index contributed by atoms with van der Waals surface area (Å²) >= 11 is 1.40. The number of hydrogen-bond acceptors (Lipinski definition) is 6. The molecule has 3 N–H and O–H groups in total. The molecule has 1 aromatic rings. The molecule has 4 amide bonds. The van der Waals surface area contributed by atoms with Gasteiger partial charge in [-0.25, -0.2) is 4.79 Å². The van der Waals surface area contributed by atoms with Gasteiger partial charge in [0.05, 0.1) is 29.4 Å². The molecular weight excluding hydrogens is 390 g/mol. The van der Waals surface area contributed by atoms with Gasteiger partial charge in [-0.3, -0.25) is 25.1 Å². The topological polar surface area (TPSA) is 93.8 Å². The second kappa shape index (κ2) is 8.73. The highest BCUT2D eigenvalue weighted by molar-refractivity contribution is 8.00. The second-order valence-corrected chi connectivity index (χ2v) is 8.71. The lowest BCUT2D eigenvalue weighted by Crippen LogP contribution is -2.74. The summed E-state index contributed by atoms with van der Waals surface area (Å²) in [6, 6.07) is 5.49. The number of aryl methyl sites for hydroxylation is 1. The largest absolute Gasteiger partial charge is 0.327 e. The highest BCUT2D eigenvalue weighted by atomic mass is 32.2. The van der Waals surface area contributed by atoms with Crippen LogP contribution in [0.1, 0.15) is 24.5 Å². The molecular formula is C20H29N5O3S. The van der Waals surface area contributed by atoms with Gasteiger partial charge in [-0.2, -0.15) is 0 Å². The quantitative estimate of drug-likeness (QED) is 0.673. The van der Waals surface area contributed by atoms with Gasteiger partial charge < -0.3 is 10.2 Å². The summed E-state index contributed by atoms with van der Waals surface area (Å²) in [5, 5.41) is 9.44. The maximum Gasteiger partial charge on any atom is 0.327 e. The third-order valence-corrected chi connectivity index (χ3v) is 6.92. The zero-order valence-electron chi connectivity index (χ0n) is 17.5. The van der Waals surface area contributed by atoms with Crippen molar-refractivity contribution in [1.29, 1.82) is 0 Å². The van der Waals surface area contributed by atoms with Crippen LogP contribution >= 0.6 is 11.8 Å². The van der Waals surface area contributed by atoms with Crippen molar-refractivity contribution in [3.05, 3.63) is 29.3 Å². The number of thioether (sulfide) groups is 1. The van der Waals surface area contributed by atoms with Crippen LogP contribution in [0.5, 0.6) is 0 Å². The highest BCUT2D eigenvalue weighted by Gasteiger charge is 2.50. The van der Waals surface area contributed by atoms with Crippen molar-refractivity contribution in [3.8, 4) is 0 Å². The van der Waals surface area contributed by atoms with Gasteiger partial charge in [-0.05, 0) is 37.5 Å². The maximum atomic E-state index is 12.8. The molecule has 8 nitrogen and oxygen atoms in total. The normalized spacial score (nSPS) is 27.1.